The van der Waals surface area contributed by atoms with E-state index in [-0.39, 0.29) is 11.0 Å². The summed E-state index contributed by atoms with van der Waals surface area (Å²) < 4.78 is 1.92. The van der Waals surface area contributed by atoms with Gasteiger partial charge in [0.1, 0.15) is 11.8 Å². The fourth-order valence-electron chi connectivity index (χ4n) is 2.09. The van der Waals surface area contributed by atoms with Crippen LogP contribution in [0, 0.1) is 11.3 Å². The fourth-order valence-corrected chi connectivity index (χ4v) is 2.09. The quantitative estimate of drug-likeness (QED) is 0.795. The van der Waals surface area contributed by atoms with Crippen LogP contribution in [0.2, 0.25) is 0 Å². The van der Waals surface area contributed by atoms with Gasteiger partial charge in [-0.15, -0.1) is 0 Å². The van der Waals surface area contributed by atoms with E-state index in [0.29, 0.717) is 5.69 Å². The van der Waals surface area contributed by atoms with Crippen LogP contribution in [-0.2, 0) is 11.0 Å². The van der Waals surface area contributed by atoms with Crippen molar-refractivity contribution >= 4 is 0 Å². The molecule has 0 unspecified atom stereocenters. The molecule has 21 heavy (non-hydrogen) atoms. The maximum Gasteiger partial charge on any atom is 0.214 e. The van der Waals surface area contributed by atoms with Crippen molar-refractivity contribution in [3.63, 3.8) is 0 Å². The molecule has 2 aromatic heterocycles. The Morgan fingerprint density at radius 2 is 1.71 bits per heavy atom. The average Bonchev–Trinajstić information content (AvgIpc) is 2.46. The van der Waals surface area contributed by atoms with E-state index < -0.39 is 0 Å². The van der Waals surface area contributed by atoms with E-state index >= 15 is 0 Å². The summed E-state index contributed by atoms with van der Waals surface area (Å²) in [5, 5.41) is 13.4. The van der Waals surface area contributed by atoms with E-state index in [9.17, 15) is 0 Å². The zero-order valence-electron chi connectivity index (χ0n) is 13.3. The highest BCUT2D eigenvalue weighted by Gasteiger charge is 2.33. The van der Waals surface area contributed by atoms with E-state index in [1.54, 1.807) is 12.3 Å². The molecule has 2 heterocycles. The van der Waals surface area contributed by atoms with Crippen LogP contribution in [0.15, 0.2) is 36.8 Å². The second kappa shape index (κ2) is 5.25. The molecule has 0 fully saturated rings. The Morgan fingerprint density at radius 3 is 2.14 bits per heavy atom. The highest BCUT2D eigenvalue weighted by molar-refractivity contribution is 5.25. The molecule has 0 aliphatic carbocycles. The van der Waals surface area contributed by atoms with E-state index in [2.05, 4.69) is 50.8 Å². The van der Waals surface area contributed by atoms with Crippen LogP contribution >= 0.6 is 0 Å². The molecule has 2 aromatic rings. The summed E-state index contributed by atoms with van der Waals surface area (Å²) in [5.74, 6) is 0. The Kier molecular flexibility index (Phi) is 3.78. The van der Waals surface area contributed by atoms with Crippen molar-refractivity contribution in [3.05, 3.63) is 53.6 Å². The van der Waals surface area contributed by atoms with Gasteiger partial charge >= 0.3 is 0 Å². The molecule has 4 nitrogen and oxygen atoms in total. The average molecular weight is 281 g/mol. The fraction of sp³-hybridized carbons (Fsp3) is 0.412. The largest absolute Gasteiger partial charge is 0.245 e. The maximum atomic E-state index is 8.83. The molecule has 4 heteroatoms. The minimum Gasteiger partial charge on any atom is -0.245 e. The van der Waals surface area contributed by atoms with Gasteiger partial charge in [-0.25, -0.2) is 4.98 Å². The van der Waals surface area contributed by atoms with Crippen LogP contribution in [0.1, 0.15) is 51.4 Å². The lowest BCUT2D eigenvalue weighted by molar-refractivity contribution is -0.800. The van der Waals surface area contributed by atoms with E-state index in [0.717, 1.165) is 5.56 Å². The van der Waals surface area contributed by atoms with Crippen LogP contribution in [0.4, 0.5) is 0 Å². The van der Waals surface area contributed by atoms with Crippen LogP contribution in [-0.4, -0.2) is 10.1 Å². The summed E-state index contributed by atoms with van der Waals surface area (Å²) in [6.07, 6.45) is 5.66. The van der Waals surface area contributed by atoms with Crippen molar-refractivity contribution in [2.45, 2.75) is 45.6 Å². The van der Waals surface area contributed by atoms with Gasteiger partial charge in [0, 0.05) is 31.7 Å². The lowest BCUT2D eigenvalue weighted by Crippen LogP contribution is -2.55. The molecular formula is C17H21N4+. The van der Waals surface area contributed by atoms with Crippen LogP contribution < -0.4 is 4.68 Å². The summed E-state index contributed by atoms with van der Waals surface area (Å²) >= 11 is 0. The van der Waals surface area contributed by atoms with E-state index in [4.69, 9.17) is 5.26 Å². The predicted molar refractivity (Wildman–Crippen MR) is 80.5 cm³/mol. The second-order valence-corrected chi connectivity index (χ2v) is 6.71. The summed E-state index contributed by atoms with van der Waals surface area (Å²) in [6.45, 7) is 10.7. The molecule has 0 atom stereocenters. The van der Waals surface area contributed by atoms with Gasteiger partial charge in [0.25, 0.3) is 0 Å². The molecule has 108 valence electrons. The van der Waals surface area contributed by atoms with Gasteiger partial charge in [-0.2, -0.15) is 5.26 Å². The maximum absolute atomic E-state index is 8.83. The number of nitriles is 1. The summed E-state index contributed by atoms with van der Waals surface area (Å²) in [7, 11) is 0. The molecule has 0 aliphatic rings. The van der Waals surface area contributed by atoms with Crippen molar-refractivity contribution in [1.29, 1.82) is 5.26 Å². The first-order chi connectivity index (χ1) is 9.75. The first kappa shape index (κ1) is 15.1. The Balaban J connectivity index is 2.36. The van der Waals surface area contributed by atoms with Gasteiger partial charge in [-0.1, -0.05) is 25.5 Å². The summed E-state index contributed by atoms with van der Waals surface area (Å²) in [4.78, 5) is 4.14. The third kappa shape index (κ3) is 3.08. The smallest absolute Gasteiger partial charge is 0.214 e. The van der Waals surface area contributed by atoms with Gasteiger partial charge in [0.05, 0.1) is 6.20 Å². The molecule has 0 aliphatic heterocycles. The van der Waals surface area contributed by atoms with Crippen LogP contribution in [0.25, 0.3) is 0 Å². The highest BCUT2D eigenvalue weighted by atomic mass is 15.3. The molecule has 0 saturated heterocycles. The molecule has 0 spiro atoms. The Labute approximate surface area is 126 Å². The zero-order valence-corrected chi connectivity index (χ0v) is 13.3. The van der Waals surface area contributed by atoms with Crippen molar-refractivity contribution in [1.82, 2.24) is 10.1 Å². The topological polar surface area (TPSA) is 53.5 Å². The van der Waals surface area contributed by atoms with E-state index in [1.165, 1.54) is 5.56 Å². The third-order valence-corrected chi connectivity index (χ3v) is 3.74. The minimum atomic E-state index is -0.322. The molecule has 0 saturated carbocycles. The standard InChI is InChI=1S/C17H21N4/c1-16(2,3)13-8-9-21(20-12-13)17(4,5)14-6-7-15(10-18)19-11-14/h6-9,11-12H,1-5H3/q+1. The van der Waals surface area contributed by atoms with Crippen molar-refractivity contribution in [3.8, 4) is 6.07 Å². The molecule has 0 amide bonds. The number of rotatable bonds is 2. The van der Waals surface area contributed by atoms with Gasteiger partial charge in [0.15, 0.2) is 6.20 Å². The first-order valence-electron chi connectivity index (χ1n) is 7.01. The number of aromatic nitrogens is 3. The van der Waals surface area contributed by atoms with Gasteiger partial charge in [0.2, 0.25) is 5.54 Å². The van der Waals surface area contributed by atoms with Crippen LogP contribution in [0.5, 0.6) is 0 Å². The Morgan fingerprint density at radius 1 is 1.00 bits per heavy atom. The third-order valence-electron chi connectivity index (χ3n) is 3.74. The number of hydrogen-bond acceptors (Lipinski definition) is 3. The molecular weight excluding hydrogens is 260 g/mol. The second-order valence-electron chi connectivity index (χ2n) is 6.71. The van der Waals surface area contributed by atoms with Gasteiger partial charge in [-0.05, 0) is 28.2 Å². The number of pyridine rings is 1. The zero-order chi connectivity index (χ0) is 15.7. The van der Waals surface area contributed by atoms with Crippen LogP contribution in [0.3, 0.4) is 0 Å². The minimum absolute atomic E-state index is 0.0895. The van der Waals surface area contributed by atoms with Crippen molar-refractivity contribution in [2.75, 3.05) is 0 Å². The monoisotopic (exact) mass is 281 g/mol. The summed E-state index contributed by atoms with van der Waals surface area (Å²) in [6, 6.07) is 7.80. The van der Waals surface area contributed by atoms with Gasteiger partial charge < -0.3 is 0 Å². The van der Waals surface area contributed by atoms with E-state index in [1.807, 2.05) is 29.2 Å². The number of hydrogen-bond donors (Lipinski definition) is 0. The molecule has 2 rings (SSSR count). The Bertz CT molecular complexity index is 656. The lowest BCUT2D eigenvalue weighted by atomic mass is 9.88. The highest BCUT2D eigenvalue weighted by Crippen LogP contribution is 2.21. The van der Waals surface area contributed by atoms with Crippen molar-refractivity contribution < 1.29 is 4.68 Å². The lowest BCUT2D eigenvalue weighted by Gasteiger charge is -2.20. The SMILES string of the molecule is CC(C)(C)c1cc[n+](C(C)(C)c2ccc(C#N)nc2)nc1. The normalized spacial score (nSPS) is 12.0. The molecule has 0 N–H and O–H groups in total. The number of nitrogens with zero attached hydrogens (tertiary/aromatic N) is 4. The molecule has 0 bridgehead atoms. The van der Waals surface area contributed by atoms with Gasteiger partial charge in [-0.3, -0.25) is 0 Å². The molecule has 0 aromatic carbocycles. The Hall–Kier alpha value is -2.28. The first-order valence-corrected chi connectivity index (χ1v) is 7.01. The predicted octanol–water partition coefficient (Wildman–Crippen LogP) is 2.72. The molecule has 0 radical (unpaired) electrons. The summed E-state index contributed by atoms with van der Waals surface area (Å²) in [5.41, 5.74) is 2.41. The van der Waals surface area contributed by atoms with Crippen molar-refractivity contribution in [2.24, 2.45) is 0 Å².